The van der Waals surface area contributed by atoms with Crippen molar-refractivity contribution in [1.82, 2.24) is 4.90 Å². The van der Waals surface area contributed by atoms with Gasteiger partial charge in [0.1, 0.15) is 0 Å². The summed E-state index contributed by atoms with van der Waals surface area (Å²) in [5.41, 5.74) is 4.23. The van der Waals surface area contributed by atoms with Gasteiger partial charge in [-0.25, -0.2) is 0 Å². The molecule has 0 saturated heterocycles. The first-order chi connectivity index (χ1) is 10.4. The number of anilines is 1. The van der Waals surface area contributed by atoms with Crippen LogP contribution < -0.4 is 5.32 Å². The Balaban J connectivity index is 1.57. The van der Waals surface area contributed by atoms with E-state index in [9.17, 15) is 0 Å². The average Bonchev–Trinajstić information content (AvgIpc) is 2.96. The molecule has 3 rings (SSSR count). The van der Waals surface area contributed by atoms with Crippen molar-refractivity contribution in [3.63, 3.8) is 0 Å². The third kappa shape index (κ3) is 3.45. The molecule has 0 amide bonds. The molecule has 110 valence electrons. The quantitative estimate of drug-likeness (QED) is 0.856. The highest BCUT2D eigenvalue weighted by Gasteiger charge is 2.21. The lowest BCUT2D eigenvalue weighted by Crippen LogP contribution is -2.25. The number of para-hydroxylation sites is 1. The fourth-order valence-corrected chi connectivity index (χ4v) is 3.14. The molecule has 21 heavy (non-hydrogen) atoms. The van der Waals surface area contributed by atoms with Crippen molar-refractivity contribution >= 4 is 5.69 Å². The summed E-state index contributed by atoms with van der Waals surface area (Å²) in [6.07, 6.45) is 1.23. The van der Waals surface area contributed by atoms with Gasteiger partial charge in [-0.05, 0) is 36.7 Å². The number of nitrogens with one attached hydrogen (secondary N) is 1. The highest BCUT2D eigenvalue weighted by Crippen LogP contribution is 2.33. The van der Waals surface area contributed by atoms with Crippen molar-refractivity contribution in [2.45, 2.75) is 25.8 Å². The van der Waals surface area contributed by atoms with E-state index < -0.39 is 0 Å². The van der Waals surface area contributed by atoms with Crippen LogP contribution in [0.2, 0.25) is 0 Å². The fraction of sp³-hybridized carbons (Fsp3) is 0.368. The number of rotatable bonds is 6. The smallest absolute Gasteiger partial charge is 0.0376 e. The molecular formula is C19H24N2. The maximum Gasteiger partial charge on any atom is 0.0376 e. The monoisotopic (exact) mass is 280 g/mol. The van der Waals surface area contributed by atoms with E-state index in [4.69, 9.17) is 0 Å². The van der Waals surface area contributed by atoms with Crippen LogP contribution >= 0.6 is 0 Å². The SMILES string of the molecule is CCN(CCC1CNc2ccccc21)Cc1ccccc1. The van der Waals surface area contributed by atoms with Gasteiger partial charge >= 0.3 is 0 Å². The molecule has 0 spiro atoms. The van der Waals surface area contributed by atoms with Gasteiger partial charge in [0.05, 0.1) is 0 Å². The Morgan fingerprint density at radius 2 is 1.81 bits per heavy atom. The Kier molecular flexibility index (Phi) is 4.56. The molecule has 2 heteroatoms. The van der Waals surface area contributed by atoms with Crippen LogP contribution in [0.15, 0.2) is 54.6 Å². The Morgan fingerprint density at radius 3 is 2.62 bits per heavy atom. The van der Waals surface area contributed by atoms with Gasteiger partial charge in [-0.2, -0.15) is 0 Å². The van der Waals surface area contributed by atoms with Gasteiger partial charge in [0.15, 0.2) is 0 Å². The first kappa shape index (κ1) is 14.2. The third-order valence-corrected chi connectivity index (χ3v) is 4.43. The van der Waals surface area contributed by atoms with Crippen molar-refractivity contribution in [3.05, 3.63) is 65.7 Å². The predicted molar refractivity (Wildman–Crippen MR) is 89.7 cm³/mol. The molecule has 1 atom stereocenters. The van der Waals surface area contributed by atoms with Crippen molar-refractivity contribution < 1.29 is 0 Å². The zero-order valence-corrected chi connectivity index (χ0v) is 12.8. The predicted octanol–water partition coefficient (Wildman–Crippen LogP) is 4.11. The average molecular weight is 280 g/mol. The molecule has 2 aromatic rings. The number of benzene rings is 2. The van der Waals surface area contributed by atoms with Crippen LogP contribution in [0, 0.1) is 0 Å². The fourth-order valence-electron chi connectivity index (χ4n) is 3.14. The first-order valence-corrected chi connectivity index (χ1v) is 7.96. The summed E-state index contributed by atoms with van der Waals surface area (Å²) >= 11 is 0. The lowest BCUT2D eigenvalue weighted by molar-refractivity contribution is 0.270. The van der Waals surface area contributed by atoms with Crippen molar-refractivity contribution in [3.8, 4) is 0 Å². The molecule has 0 aromatic heterocycles. The van der Waals surface area contributed by atoms with E-state index in [0.29, 0.717) is 5.92 Å². The van der Waals surface area contributed by atoms with E-state index in [1.165, 1.54) is 23.2 Å². The number of hydrogen-bond donors (Lipinski definition) is 1. The summed E-state index contributed by atoms with van der Waals surface area (Å²) in [5, 5.41) is 3.52. The molecule has 0 bridgehead atoms. The molecule has 0 aliphatic carbocycles. The maximum atomic E-state index is 3.52. The molecule has 1 unspecified atom stereocenters. The van der Waals surface area contributed by atoms with Crippen LogP contribution in [0.5, 0.6) is 0 Å². The van der Waals surface area contributed by atoms with Crippen LogP contribution in [-0.2, 0) is 6.54 Å². The third-order valence-electron chi connectivity index (χ3n) is 4.43. The Hall–Kier alpha value is -1.80. The molecule has 1 N–H and O–H groups in total. The zero-order chi connectivity index (χ0) is 14.5. The molecule has 0 radical (unpaired) electrons. The van der Waals surface area contributed by atoms with Gasteiger partial charge in [-0.3, -0.25) is 4.90 Å². The lowest BCUT2D eigenvalue weighted by Gasteiger charge is -2.22. The Morgan fingerprint density at radius 1 is 1.05 bits per heavy atom. The summed E-state index contributed by atoms with van der Waals surface area (Å²) in [6, 6.07) is 19.5. The molecule has 2 nitrogen and oxygen atoms in total. The normalized spacial score (nSPS) is 16.8. The van der Waals surface area contributed by atoms with Crippen molar-refractivity contribution in [2.75, 3.05) is 25.0 Å². The molecule has 1 aliphatic heterocycles. The van der Waals surface area contributed by atoms with Gasteiger partial charge < -0.3 is 5.32 Å². The van der Waals surface area contributed by atoms with Gasteiger partial charge in [0, 0.05) is 24.7 Å². The summed E-state index contributed by atoms with van der Waals surface area (Å²) < 4.78 is 0. The molecule has 2 aromatic carbocycles. The van der Waals surface area contributed by atoms with Crippen molar-refractivity contribution in [2.24, 2.45) is 0 Å². The van der Waals surface area contributed by atoms with Gasteiger partial charge in [-0.15, -0.1) is 0 Å². The highest BCUT2D eigenvalue weighted by molar-refractivity contribution is 5.57. The molecule has 0 fully saturated rings. The second-order valence-corrected chi connectivity index (χ2v) is 5.81. The summed E-state index contributed by atoms with van der Waals surface area (Å²) in [7, 11) is 0. The molecule has 1 aliphatic rings. The van der Waals surface area contributed by atoms with Crippen molar-refractivity contribution in [1.29, 1.82) is 0 Å². The Labute approximate surface area is 127 Å². The van der Waals surface area contributed by atoms with E-state index in [0.717, 1.165) is 26.2 Å². The summed E-state index contributed by atoms with van der Waals surface area (Å²) in [6.45, 7) is 6.66. The molecular weight excluding hydrogens is 256 g/mol. The standard InChI is InChI=1S/C19H24N2/c1-2-21(15-16-8-4-3-5-9-16)13-12-17-14-20-19-11-7-6-10-18(17)19/h3-11,17,20H,2,12-15H2,1H3. The zero-order valence-electron chi connectivity index (χ0n) is 12.8. The minimum atomic E-state index is 0.658. The van der Waals surface area contributed by atoms with Gasteiger partial charge in [0.25, 0.3) is 0 Å². The minimum absolute atomic E-state index is 0.658. The number of nitrogens with zero attached hydrogens (tertiary/aromatic N) is 1. The van der Waals surface area contributed by atoms with Crippen LogP contribution in [0.25, 0.3) is 0 Å². The second kappa shape index (κ2) is 6.77. The number of fused-ring (bicyclic) bond motifs is 1. The van der Waals surface area contributed by atoms with Gasteiger partial charge in [0.2, 0.25) is 0 Å². The van der Waals surface area contributed by atoms with E-state index >= 15 is 0 Å². The molecule has 0 saturated carbocycles. The largest absolute Gasteiger partial charge is 0.384 e. The minimum Gasteiger partial charge on any atom is -0.384 e. The van der Waals surface area contributed by atoms with E-state index in [-0.39, 0.29) is 0 Å². The first-order valence-electron chi connectivity index (χ1n) is 7.96. The van der Waals surface area contributed by atoms with Crippen LogP contribution in [0.3, 0.4) is 0 Å². The van der Waals surface area contributed by atoms with Crippen LogP contribution in [0.4, 0.5) is 5.69 Å². The van der Waals surface area contributed by atoms with E-state index in [2.05, 4.69) is 71.7 Å². The Bertz CT molecular complexity index is 565. The summed E-state index contributed by atoms with van der Waals surface area (Å²) in [4.78, 5) is 2.54. The number of hydrogen-bond acceptors (Lipinski definition) is 2. The van der Waals surface area contributed by atoms with E-state index in [1.807, 2.05) is 0 Å². The topological polar surface area (TPSA) is 15.3 Å². The summed E-state index contributed by atoms with van der Waals surface area (Å²) in [5.74, 6) is 0.658. The van der Waals surface area contributed by atoms with Crippen LogP contribution in [-0.4, -0.2) is 24.5 Å². The highest BCUT2D eigenvalue weighted by atomic mass is 15.1. The maximum absolute atomic E-state index is 3.52. The van der Waals surface area contributed by atoms with E-state index in [1.54, 1.807) is 0 Å². The van der Waals surface area contributed by atoms with Gasteiger partial charge in [-0.1, -0.05) is 55.5 Å². The lowest BCUT2D eigenvalue weighted by atomic mass is 9.97. The second-order valence-electron chi connectivity index (χ2n) is 5.81. The molecule has 1 heterocycles. The van der Waals surface area contributed by atoms with Crippen LogP contribution in [0.1, 0.15) is 30.4 Å².